The van der Waals surface area contributed by atoms with Crippen molar-refractivity contribution in [2.75, 3.05) is 39.3 Å². The molecule has 2 aromatic carbocycles. The number of rotatable bonds is 9. The Bertz CT molecular complexity index is 1250. The van der Waals surface area contributed by atoms with Crippen molar-refractivity contribution in [3.8, 4) is 5.75 Å². The third-order valence-electron chi connectivity index (χ3n) is 7.81. The van der Waals surface area contributed by atoms with Crippen LogP contribution in [0.15, 0.2) is 48.5 Å². The van der Waals surface area contributed by atoms with Gasteiger partial charge in [-0.15, -0.1) is 0 Å². The number of aromatic amines is 1. The van der Waals surface area contributed by atoms with Gasteiger partial charge in [0.15, 0.2) is 0 Å². The highest BCUT2D eigenvalue weighted by atomic mass is 16.5. The number of hydrogen-bond acceptors (Lipinski definition) is 3. The Balaban J connectivity index is 1.54. The van der Waals surface area contributed by atoms with Crippen LogP contribution in [-0.4, -0.2) is 72.0 Å². The number of aromatic nitrogens is 1. The maximum Gasteiger partial charge on any atom is 0.246 e. The molecule has 2 N–H and O–H groups in total. The van der Waals surface area contributed by atoms with Gasteiger partial charge in [-0.1, -0.05) is 36.4 Å². The zero-order valence-corrected chi connectivity index (χ0v) is 21.5. The molecule has 7 heteroatoms. The highest BCUT2D eigenvalue weighted by Crippen LogP contribution is 2.44. The first-order valence-corrected chi connectivity index (χ1v) is 13.3. The minimum absolute atomic E-state index is 0.00427. The van der Waals surface area contributed by atoms with Crippen LogP contribution in [0.4, 0.5) is 0 Å². The Hall–Kier alpha value is -3.32. The van der Waals surface area contributed by atoms with Crippen molar-refractivity contribution in [3.05, 3.63) is 65.4 Å². The predicted octanol–water partition coefficient (Wildman–Crippen LogP) is 2.57. The third kappa shape index (κ3) is 4.26. The lowest BCUT2D eigenvalue weighted by Gasteiger charge is -2.47. The van der Waals surface area contributed by atoms with E-state index in [2.05, 4.69) is 31.0 Å². The summed E-state index contributed by atoms with van der Waals surface area (Å²) in [5, 5.41) is 1.12. The summed E-state index contributed by atoms with van der Waals surface area (Å²) in [7, 11) is 0. The molecule has 2 amide bonds. The van der Waals surface area contributed by atoms with Gasteiger partial charge in [0.2, 0.25) is 11.8 Å². The van der Waals surface area contributed by atoms with Crippen molar-refractivity contribution in [1.82, 2.24) is 14.8 Å². The first-order chi connectivity index (χ1) is 17.6. The van der Waals surface area contributed by atoms with Gasteiger partial charge >= 0.3 is 0 Å². The van der Waals surface area contributed by atoms with Crippen LogP contribution in [0.1, 0.15) is 50.1 Å². The van der Waals surface area contributed by atoms with Crippen molar-refractivity contribution < 1.29 is 19.2 Å². The maximum atomic E-state index is 13.9. The Morgan fingerprint density at radius 1 is 1.03 bits per heavy atom. The van der Waals surface area contributed by atoms with E-state index in [1.54, 1.807) is 4.90 Å². The Labute approximate surface area is 213 Å². The van der Waals surface area contributed by atoms with E-state index in [9.17, 15) is 9.59 Å². The van der Waals surface area contributed by atoms with Crippen LogP contribution >= 0.6 is 0 Å². The van der Waals surface area contributed by atoms with Gasteiger partial charge in [-0.25, -0.2) is 0 Å². The van der Waals surface area contributed by atoms with Gasteiger partial charge in [0, 0.05) is 41.5 Å². The van der Waals surface area contributed by atoms with Crippen LogP contribution in [0.2, 0.25) is 0 Å². The van der Waals surface area contributed by atoms with Gasteiger partial charge in [-0.2, -0.15) is 0 Å². The van der Waals surface area contributed by atoms with E-state index in [0.717, 1.165) is 59.5 Å². The average Bonchev–Trinajstić information content (AvgIpc) is 3.27. The first kappa shape index (κ1) is 24.4. The number of para-hydroxylation sites is 2. The molecule has 2 atom stereocenters. The number of amides is 2. The molecule has 0 radical (unpaired) electrons. The molecule has 1 aromatic heterocycles. The summed E-state index contributed by atoms with van der Waals surface area (Å²) in [5.41, 5.74) is 4.05. The molecule has 0 aliphatic carbocycles. The number of piperazine rings is 1. The molecule has 5 rings (SSSR count). The normalized spacial score (nSPS) is 19.7. The van der Waals surface area contributed by atoms with Gasteiger partial charge in [-0.05, 0) is 38.5 Å². The molecule has 190 valence electrons. The molecule has 0 spiro atoms. The van der Waals surface area contributed by atoms with E-state index in [4.69, 9.17) is 4.74 Å². The molecule has 2 aliphatic rings. The maximum absolute atomic E-state index is 13.9. The number of ether oxygens (including phenoxy) is 1. The monoisotopic (exact) mass is 489 g/mol. The van der Waals surface area contributed by atoms with Crippen molar-refractivity contribution in [3.63, 3.8) is 0 Å². The van der Waals surface area contributed by atoms with E-state index in [-0.39, 0.29) is 18.4 Å². The molecular weight excluding hydrogens is 452 g/mol. The minimum Gasteiger partial charge on any atom is -0.494 e. The molecule has 2 aliphatic heterocycles. The van der Waals surface area contributed by atoms with Gasteiger partial charge in [-0.3, -0.25) is 9.59 Å². The van der Waals surface area contributed by atoms with E-state index >= 15 is 0 Å². The molecule has 0 saturated carbocycles. The number of nitrogens with zero attached hydrogens (tertiary/aromatic N) is 2. The number of carbonyl (C=O) groups excluding carboxylic acids is 2. The lowest BCUT2D eigenvalue weighted by molar-refractivity contribution is -0.896. The number of fused-ring (bicyclic) bond motifs is 4. The van der Waals surface area contributed by atoms with Crippen LogP contribution in [0, 0.1) is 0 Å². The highest BCUT2D eigenvalue weighted by Gasteiger charge is 2.48. The Morgan fingerprint density at radius 2 is 1.78 bits per heavy atom. The summed E-state index contributed by atoms with van der Waals surface area (Å²) in [4.78, 5) is 36.3. The number of hydrogen-bond donors (Lipinski definition) is 2. The summed E-state index contributed by atoms with van der Waals surface area (Å²) in [6.45, 7) is 10.8. The largest absolute Gasteiger partial charge is 0.494 e. The molecule has 1 saturated heterocycles. The van der Waals surface area contributed by atoms with Crippen molar-refractivity contribution >= 4 is 22.7 Å². The standard InChI is InChI=1S/C29H36N4O3/c1-4-31(5-2)16-11-17-32-19-26(34)33-24(29(32)35)18-22-20-12-7-9-14-23(20)30-27(22)28(33)21-13-8-10-15-25(21)36-6-3/h7-10,12-15,24,28,30H,4-6,11,16-19H2,1-3H3/p+1/t24-,28-/m0/s1. The summed E-state index contributed by atoms with van der Waals surface area (Å²) in [6.07, 6.45) is 1.42. The quantitative estimate of drug-likeness (QED) is 0.486. The number of quaternary nitrogens is 1. The summed E-state index contributed by atoms with van der Waals surface area (Å²) >= 11 is 0. The molecule has 36 heavy (non-hydrogen) atoms. The predicted molar refractivity (Wildman–Crippen MR) is 140 cm³/mol. The van der Waals surface area contributed by atoms with E-state index in [0.29, 0.717) is 19.6 Å². The Morgan fingerprint density at radius 3 is 2.56 bits per heavy atom. The molecule has 0 unspecified atom stereocenters. The lowest BCUT2D eigenvalue weighted by Crippen LogP contribution is -3.11. The number of H-pyrrole nitrogens is 1. The second-order valence-electron chi connectivity index (χ2n) is 9.78. The molecule has 3 heterocycles. The van der Waals surface area contributed by atoms with E-state index in [1.165, 1.54) is 4.90 Å². The first-order valence-electron chi connectivity index (χ1n) is 13.3. The zero-order chi connectivity index (χ0) is 25.2. The second kappa shape index (κ2) is 10.3. The molecule has 0 bridgehead atoms. The Kier molecular flexibility index (Phi) is 7.01. The lowest BCUT2D eigenvalue weighted by atomic mass is 9.86. The average molecular weight is 490 g/mol. The molecule has 1 fully saturated rings. The fourth-order valence-electron chi connectivity index (χ4n) is 5.95. The smallest absolute Gasteiger partial charge is 0.246 e. The van der Waals surface area contributed by atoms with Gasteiger partial charge in [0.1, 0.15) is 17.8 Å². The van der Waals surface area contributed by atoms with Crippen LogP contribution in [0.3, 0.4) is 0 Å². The highest BCUT2D eigenvalue weighted by molar-refractivity contribution is 5.97. The van der Waals surface area contributed by atoms with Crippen LogP contribution < -0.4 is 9.64 Å². The molecule has 3 aromatic rings. The van der Waals surface area contributed by atoms with Gasteiger partial charge in [0.25, 0.3) is 0 Å². The summed E-state index contributed by atoms with van der Waals surface area (Å²) in [6, 6.07) is 15.2. The third-order valence-corrected chi connectivity index (χ3v) is 7.81. The van der Waals surface area contributed by atoms with Crippen LogP contribution in [-0.2, 0) is 16.0 Å². The van der Waals surface area contributed by atoms with Crippen molar-refractivity contribution in [1.29, 1.82) is 0 Å². The van der Waals surface area contributed by atoms with Gasteiger partial charge in [0.05, 0.1) is 32.8 Å². The molecular formula is C29H37N4O3+. The van der Waals surface area contributed by atoms with Gasteiger partial charge < -0.3 is 24.4 Å². The topological polar surface area (TPSA) is 70.1 Å². The molecule has 7 nitrogen and oxygen atoms in total. The van der Waals surface area contributed by atoms with Crippen molar-refractivity contribution in [2.24, 2.45) is 0 Å². The van der Waals surface area contributed by atoms with Crippen LogP contribution in [0.25, 0.3) is 10.9 Å². The van der Waals surface area contributed by atoms with Crippen LogP contribution in [0.5, 0.6) is 5.75 Å². The zero-order valence-electron chi connectivity index (χ0n) is 21.5. The number of nitrogens with one attached hydrogen (secondary N) is 2. The van der Waals surface area contributed by atoms with E-state index < -0.39 is 12.1 Å². The SMILES string of the molecule is CCOc1ccccc1[C@H]1c2[nH]c3ccccc3c2C[C@H]2C(=O)N(CCC[NH+](CC)CC)CC(=O)N12. The number of benzene rings is 2. The van der Waals surface area contributed by atoms with Crippen molar-refractivity contribution in [2.45, 2.75) is 45.7 Å². The van der Waals surface area contributed by atoms with E-state index in [1.807, 2.05) is 48.2 Å². The fraction of sp³-hybridized carbons (Fsp3) is 0.448. The summed E-state index contributed by atoms with van der Waals surface area (Å²) < 4.78 is 5.99. The fourth-order valence-corrected chi connectivity index (χ4v) is 5.95. The summed E-state index contributed by atoms with van der Waals surface area (Å²) in [5.74, 6) is 0.800. The number of carbonyl (C=O) groups is 2. The second-order valence-corrected chi connectivity index (χ2v) is 9.78. The minimum atomic E-state index is -0.515.